The summed E-state index contributed by atoms with van der Waals surface area (Å²) in [6.45, 7) is 1.82. The molecule has 0 fully saturated rings. The molecule has 0 aromatic carbocycles. The van der Waals surface area contributed by atoms with Gasteiger partial charge in [-0.05, 0) is 6.92 Å². The molecule has 0 bridgehead atoms. The van der Waals surface area contributed by atoms with Crippen molar-refractivity contribution in [1.29, 1.82) is 0 Å². The smallest absolute Gasteiger partial charge is 0.335 e. The second kappa shape index (κ2) is 2.39. The maximum absolute atomic E-state index is 4.68. The lowest BCUT2D eigenvalue weighted by atomic mass is 10.6. The van der Waals surface area contributed by atoms with Crippen LogP contribution in [0.15, 0.2) is 6.20 Å². The van der Waals surface area contributed by atoms with E-state index < -0.39 is 0 Å². The van der Waals surface area contributed by atoms with Gasteiger partial charge in [0.2, 0.25) is 0 Å². The lowest BCUT2D eigenvalue weighted by molar-refractivity contribution is 0.372. The molecule has 0 saturated carbocycles. The van der Waals surface area contributed by atoms with Crippen LogP contribution in [-0.4, -0.2) is 22.3 Å². The molecule has 0 saturated heterocycles. The zero-order valence-electron chi connectivity index (χ0n) is 5.33. The Bertz CT molecular complexity index is 184. The monoisotopic (exact) mass is 125 g/mol. The zero-order chi connectivity index (χ0) is 6.69. The van der Waals surface area contributed by atoms with E-state index in [1.54, 1.807) is 6.20 Å². The van der Waals surface area contributed by atoms with Crippen molar-refractivity contribution in [3.05, 3.63) is 11.9 Å². The van der Waals surface area contributed by atoms with Crippen molar-refractivity contribution < 1.29 is 4.74 Å². The first-order valence-corrected chi connectivity index (χ1v) is 2.53. The Balaban J connectivity index is 2.88. The van der Waals surface area contributed by atoms with Gasteiger partial charge in [-0.25, -0.2) is 4.98 Å². The van der Waals surface area contributed by atoms with Crippen molar-refractivity contribution >= 4 is 0 Å². The summed E-state index contributed by atoms with van der Waals surface area (Å²) in [5.74, 6) is 0. The molecule has 0 amide bonds. The van der Waals surface area contributed by atoms with Gasteiger partial charge >= 0.3 is 6.01 Å². The van der Waals surface area contributed by atoms with Gasteiger partial charge in [-0.3, -0.25) is 0 Å². The van der Waals surface area contributed by atoms with Gasteiger partial charge in [0.1, 0.15) is 0 Å². The molecule has 0 unspecified atom stereocenters. The Labute approximate surface area is 52.9 Å². The van der Waals surface area contributed by atoms with Crippen LogP contribution in [0.2, 0.25) is 0 Å². The number of aryl methyl sites for hydroxylation is 1. The fraction of sp³-hybridized carbons (Fsp3) is 0.400. The number of nitrogens with zero attached hydrogens (tertiary/aromatic N) is 3. The summed E-state index contributed by atoms with van der Waals surface area (Å²) in [4.78, 5) is 3.80. The van der Waals surface area contributed by atoms with Gasteiger partial charge in [0, 0.05) is 0 Å². The van der Waals surface area contributed by atoms with Gasteiger partial charge in [0.05, 0.1) is 19.0 Å². The third-order valence-corrected chi connectivity index (χ3v) is 0.838. The molecule has 4 nitrogen and oxygen atoms in total. The summed E-state index contributed by atoms with van der Waals surface area (Å²) in [5.41, 5.74) is 0.788. The molecule has 0 aliphatic rings. The number of rotatable bonds is 1. The van der Waals surface area contributed by atoms with Crippen LogP contribution < -0.4 is 4.74 Å². The molecule has 48 valence electrons. The lowest BCUT2D eigenvalue weighted by Crippen LogP contribution is -1.94. The molecule has 1 aromatic rings. The van der Waals surface area contributed by atoms with Gasteiger partial charge in [-0.1, -0.05) is 5.10 Å². The summed E-state index contributed by atoms with van der Waals surface area (Å²) in [6, 6.07) is 0.306. The Morgan fingerprint density at radius 3 is 2.67 bits per heavy atom. The highest BCUT2D eigenvalue weighted by atomic mass is 16.5. The first-order chi connectivity index (χ1) is 4.33. The van der Waals surface area contributed by atoms with Gasteiger partial charge in [-0.15, -0.1) is 5.10 Å². The number of hydrogen-bond acceptors (Lipinski definition) is 4. The van der Waals surface area contributed by atoms with Crippen molar-refractivity contribution in [1.82, 2.24) is 15.2 Å². The van der Waals surface area contributed by atoms with Gasteiger partial charge in [-0.2, -0.15) is 0 Å². The van der Waals surface area contributed by atoms with Crippen molar-refractivity contribution in [2.45, 2.75) is 6.92 Å². The standard InChI is InChI=1S/C5H7N3O/c1-4-3-6-5(9-2)8-7-4/h3H,1-2H3. The molecular weight excluding hydrogens is 118 g/mol. The fourth-order valence-electron chi connectivity index (χ4n) is 0.415. The van der Waals surface area contributed by atoms with Crippen LogP contribution in [0.5, 0.6) is 6.01 Å². The number of ether oxygens (including phenoxy) is 1. The largest absolute Gasteiger partial charge is 0.466 e. The Morgan fingerprint density at radius 1 is 1.44 bits per heavy atom. The normalized spacial score (nSPS) is 9.11. The van der Waals surface area contributed by atoms with E-state index in [-0.39, 0.29) is 0 Å². The summed E-state index contributed by atoms with van der Waals surface area (Å²) in [6.07, 6.45) is 1.60. The predicted octanol–water partition coefficient (Wildman–Crippen LogP) is 0.189. The second-order valence-corrected chi connectivity index (χ2v) is 1.59. The molecule has 0 aliphatic heterocycles. The van der Waals surface area contributed by atoms with Gasteiger partial charge in [0.25, 0.3) is 0 Å². The number of methoxy groups -OCH3 is 1. The van der Waals surface area contributed by atoms with Crippen LogP contribution in [0.25, 0.3) is 0 Å². The van der Waals surface area contributed by atoms with Crippen LogP contribution in [0.1, 0.15) is 5.69 Å². The third-order valence-electron chi connectivity index (χ3n) is 0.838. The van der Waals surface area contributed by atoms with Crippen LogP contribution >= 0.6 is 0 Å². The SMILES string of the molecule is COc1ncc(C)nn1. The third kappa shape index (κ3) is 1.35. The molecule has 1 rings (SSSR count). The molecule has 4 heteroatoms. The minimum absolute atomic E-state index is 0.306. The number of hydrogen-bond donors (Lipinski definition) is 0. The molecule has 1 aromatic heterocycles. The maximum atomic E-state index is 4.68. The highest BCUT2D eigenvalue weighted by Crippen LogP contribution is 1.94. The summed E-state index contributed by atoms with van der Waals surface area (Å²) in [5, 5.41) is 7.33. The van der Waals surface area contributed by atoms with E-state index in [0.717, 1.165) is 5.69 Å². The Hall–Kier alpha value is -1.19. The zero-order valence-corrected chi connectivity index (χ0v) is 5.33. The van der Waals surface area contributed by atoms with Crippen LogP contribution in [-0.2, 0) is 0 Å². The van der Waals surface area contributed by atoms with Crippen molar-refractivity contribution in [3.8, 4) is 6.01 Å². The summed E-state index contributed by atoms with van der Waals surface area (Å²) in [7, 11) is 1.51. The first-order valence-electron chi connectivity index (χ1n) is 2.53. The maximum Gasteiger partial charge on any atom is 0.335 e. The van der Waals surface area contributed by atoms with E-state index in [9.17, 15) is 0 Å². The van der Waals surface area contributed by atoms with Crippen LogP contribution in [0, 0.1) is 6.92 Å². The van der Waals surface area contributed by atoms with E-state index >= 15 is 0 Å². The van der Waals surface area contributed by atoms with Crippen LogP contribution in [0.3, 0.4) is 0 Å². The highest BCUT2D eigenvalue weighted by molar-refractivity contribution is 4.93. The van der Waals surface area contributed by atoms with Gasteiger partial charge < -0.3 is 4.74 Å². The van der Waals surface area contributed by atoms with E-state index in [0.29, 0.717) is 6.01 Å². The molecular formula is C5H7N3O. The minimum atomic E-state index is 0.306. The Kier molecular flexibility index (Phi) is 1.58. The lowest BCUT2D eigenvalue weighted by Gasteiger charge is -1.92. The summed E-state index contributed by atoms with van der Waals surface area (Å²) < 4.78 is 4.68. The number of aromatic nitrogens is 3. The highest BCUT2D eigenvalue weighted by Gasteiger charge is 1.90. The van der Waals surface area contributed by atoms with Crippen LogP contribution in [0.4, 0.5) is 0 Å². The topological polar surface area (TPSA) is 47.9 Å². The van der Waals surface area contributed by atoms with Crippen molar-refractivity contribution in [2.24, 2.45) is 0 Å². The minimum Gasteiger partial charge on any atom is -0.466 e. The Morgan fingerprint density at radius 2 is 2.22 bits per heavy atom. The van der Waals surface area contributed by atoms with E-state index in [4.69, 9.17) is 0 Å². The first kappa shape index (κ1) is 5.94. The van der Waals surface area contributed by atoms with Crippen molar-refractivity contribution in [3.63, 3.8) is 0 Å². The quantitative estimate of drug-likeness (QED) is 0.537. The molecule has 0 spiro atoms. The van der Waals surface area contributed by atoms with E-state index in [1.165, 1.54) is 7.11 Å². The fourth-order valence-corrected chi connectivity index (χ4v) is 0.415. The molecule has 9 heavy (non-hydrogen) atoms. The predicted molar refractivity (Wildman–Crippen MR) is 31.1 cm³/mol. The molecule has 0 N–H and O–H groups in total. The van der Waals surface area contributed by atoms with E-state index in [2.05, 4.69) is 19.9 Å². The van der Waals surface area contributed by atoms with E-state index in [1.807, 2.05) is 6.92 Å². The molecule has 0 radical (unpaired) electrons. The summed E-state index contributed by atoms with van der Waals surface area (Å²) >= 11 is 0. The van der Waals surface area contributed by atoms with Crippen molar-refractivity contribution in [2.75, 3.05) is 7.11 Å². The molecule has 1 heterocycles. The second-order valence-electron chi connectivity index (χ2n) is 1.59. The molecule has 0 aliphatic carbocycles. The van der Waals surface area contributed by atoms with Gasteiger partial charge in [0.15, 0.2) is 0 Å². The average Bonchev–Trinajstić information content (AvgIpc) is 1.90. The average molecular weight is 125 g/mol. The molecule has 0 atom stereocenters.